The molecule has 2 atom stereocenters. The van der Waals surface area contributed by atoms with E-state index in [1.807, 2.05) is 121 Å². The summed E-state index contributed by atoms with van der Waals surface area (Å²) in [5, 5.41) is 3.49. The smallest absolute Gasteiger partial charge is 0.200 e. The molecule has 0 saturated heterocycles. The second kappa shape index (κ2) is 23.0. The topological polar surface area (TPSA) is 6.48 Å². The number of halogens is 10. The van der Waals surface area contributed by atoms with Crippen molar-refractivity contribution in [3.63, 3.8) is 0 Å². The molecule has 0 N–H and O–H groups in total. The number of hydrogen-bond acceptors (Lipinski definition) is 2. The van der Waals surface area contributed by atoms with Gasteiger partial charge in [0.15, 0.2) is 46.5 Å². The van der Waals surface area contributed by atoms with Crippen LogP contribution in [-0.4, -0.2) is 0 Å². The van der Waals surface area contributed by atoms with Crippen molar-refractivity contribution in [3.8, 4) is 33.4 Å². The summed E-state index contributed by atoms with van der Waals surface area (Å²) in [7, 11) is 0. The average Bonchev–Trinajstić information content (AvgIpc) is 1.56. The van der Waals surface area contributed by atoms with E-state index in [0.29, 0.717) is 78.6 Å². The number of fused-ring (bicyclic) bond motifs is 11. The van der Waals surface area contributed by atoms with Crippen LogP contribution in [0.3, 0.4) is 0 Å². The van der Waals surface area contributed by atoms with Crippen LogP contribution >= 0.6 is 0 Å². The Kier molecular flexibility index (Phi) is 14.3. The SMILES string of the molecule is C=Cc1ccc(C2(c3c(F)c(F)c(F)c(F)c3F)c3ccccc3-c3ccc(N(c4ccc5c(c4)C(C)(C)c4cc(N(c6ccc7c(c6)C(c6ccc(C=C)cc6)(c6c(F)c(F)c(F)c(F)c6F)c6ccccc6-7)c6cccc7ccccc67)ccc4-5)c4cccc5ccccc45)cc32)cc1. The third-order valence-corrected chi connectivity index (χ3v) is 21.1. The van der Waals surface area contributed by atoms with E-state index in [2.05, 4.69) is 61.1 Å². The van der Waals surface area contributed by atoms with Gasteiger partial charge in [0.05, 0.1) is 22.2 Å². The van der Waals surface area contributed by atoms with Crippen molar-refractivity contribution in [1.82, 2.24) is 0 Å². The number of rotatable bonds is 12. The summed E-state index contributed by atoms with van der Waals surface area (Å²) in [4.78, 5) is 4.10. The Morgan fingerprint density at radius 3 is 0.921 bits per heavy atom. The molecule has 2 unspecified atom stereocenters. The molecule has 101 heavy (non-hydrogen) atoms. The van der Waals surface area contributed by atoms with Crippen LogP contribution in [0.15, 0.2) is 268 Å². The van der Waals surface area contributed by atoms with Crippen molar-refractivity contribution in [1.29, 1.82) is 0 Å². The molecule has 0 aliphatic heterocycles. The van der Waals surface area contributed by atoms with E-state index in [4.69, 9.17) is 0 Å². The van der Waals surface area contributed by atoms with E-state index in [9.17, 15) is 0 Å². The second-order valence-electron chi connectivity index (χ2n) is 26.3. The molecule has 0 spiro atoms. The largest absolute Gasteiger partial charge is 0.310 e. The first-order chi connectivity index (χ1) is 48.9. The highest BCUT2D eigenvalue weighted by atomic mass is 19.2. The molecule has 490 valence electrons. The highest BCUT2D eigenvalue weighted by Gasteiger charge is 2.54. The molecule has 0 bridgehead atoms. The van der Waals surface area contributed by atoms with Crippen molar-refractivity contribution in [2.45, 2.75) is 30.1 Å². The fraction of sp³-hybridized carbons (Fsp3) is 0.0562. The van der Waals surface area contributed by atoms with E-state index in [0.717, 1.165) is 43.8 Å². The van der Waals surface area contributed by atoms with Crippen molar-refractivity contribution >= 4 is 67.8 Å². The molecule has 0 aromatic heterocycles. The van der Waals surface area contributed by atoms with E-state index in [1.54, 1.807) is 121 Å². The zero-order valence-electron chi connectivity index (χ0n) is 54.0. The number of nitrogens with zero attached hydrogens (tertiary/aromatic N) is 2. The molecular formula is C89H54F10N2. The van der Waals surface area contributed by atoms with Crippen LogP contribution in [0.4, 0.5) is 78.0 Å². The number of hydrogen-bond donors (Lipinski definition) is 0. The molecule has 17 rings (SSSR count). The lowest BCUT2D eigenvalue weighted by molar-refractivity contribution is 0.363. The second-order valence-corrected chi connectivity index (χ2v) is 26.3. The molecular weight excluding hydrogens is 1290 g/mol. The average molecular weight is 1340 g/mol. The first-order valence-electron chi connectivity index (χ1n) is 32.8. The van der Waals surface area contributed by atoms with Crippen LogP contribution in [0.1, 0.15) is 80.6 Å². The molecule has 3 aliphatic rings. The van der Waals surface area contributed by atoms with Crippen LogP contribution in [0.5, 0.6) is 0 Å². The van der Waals surface area contributed by atoms with Crippen LogP contribution < -0.4 is 9.80 Å². The predicted molar refractivity (Wildman–Crippen MR) is 383 cm³/mol. The van der Waals surface area contributed by atoms with Crippen molar-refractivity contribution in [2.75, 3.05) is 9.80 Å². The van der Waals surface area contributed by atoms with Gasteiger partial charge in [0.1, 0.15) is 0 Å². The van der Waals surface area contributed by atoms with Gasteiger partial charge in [0, 0.05) is 50.1 Å². The number of benzene rings is 14. The predicted octanol–water partition coefficient (Wildman–Crippen LogP) is 24.6. The first kappa shape index (κ1) is 62.5. The monoisotopic (exact) mass is 1340 g/mol. The Labute approximate surface area is 574 Å². The van der Waals surface area contributed by atoms with Gasteiger partial charge in [-0.2, -0.15) is 0 Å². The Hall–Kier alpha value is -12.0. The van der Waals surface area contributed by atoms with Gasteiger partial charge < -0.3 is 9.80 Å². The van der Waals surface area contributed by atoms with Crippen LogP contribution in [0, 0.1) is 58.2 Å². The first-order valence-corrected chi connectivity index (χ1v) is 32.8. The summed E-state index contributed by atoms with van der Waals surface area (Å²) in [6, 6.07) is 78.0. The summed E-state index contributed by atoms with van der Waals surface area (Å²) in [5.41, 5.74) is 5.43. The summed E-state index contributed by atoms with van der Waals surface area (Å²) in [6.07, 6.45) is 3.19. The molecule has 3 aliphatic carbocycles. The Balaban J connectivity index is 0.861. The van der Waals surface area contributed by atoms with Gasteiger partial charge in [-0.25, -0.2) is 43.9 Å². The van der Waals surface area contributed by atoms with E-state index in [1.165, 1.54) is 0 Å². The summed E-state index contributed by atoms with van der Waals surface area (Å²) >= 11 is 0. The molecule has 14 aromatic rings. The third-order valence-electron chi connectivity index (χ3n) is 21.1. The minimum absolute atomic E-state index is 0.246. The van der Waals surface area contributed by atoms with E-state index >= 15 is 43.9 Å². The fourth-order valence-electron chi connectivity index (χ4n) is 16.5. The van der Waals surface area contributed by atoms with Crippen molar-refractivity contribution in [3.05, 3.63) is 393 Å². The number of anilines is 6. The summed E-state index contributed by atoms with van der Waals surface area (Å²) < 4.78 is 164. The Bertz CT molecular complexity index is 5470. The zero-order valence-corrected chi connectivity index (χ0v) is 54.0. The molecule has 0 amide bonds. The third kappa shape index (κ3) is 8.79. The molecule has 2 nitrogen and oxygen atoms in total. The quantitative estimate of drug-likeness (QED) is 0.0683. The van der Waals surface area contributed by atoms with E-state index < -0.39 is 85.5 Å². The maximum absolute atomic E-state index is 17.2. The van der Waals surface area contributed by atoms with Gasteiger partial charge in [-0.1, -0.05) is 233 Å². The standard InChI is InChI=1S/C89H54F10N2/c1-5-49-29-33-53(34-30-49)88(75-77(90)81(94)85(98)82(95)78(75)91)67-25-13-11-23-61(67)65-43-39-57(47-71(65)88)100(73-27-15-19-51-17-7-9-21-59(51)73)55-37-41-63-64-42-38-56(46-70(64)87(3,4)69(63)45-55)101(74-28-16-20-52-18-8-10-22-60(52)74)58-40-44-66-62-24-12-14-26-68(62)89(72(66)48-58,54-35-31-50(6-2)32-36-54)76-79(92)83(96)86(99)84(97)80(76)93/h5-48H,1-2H2,3-4H3. The van der Waals surface area contributed by atoms with Gasteiger partial charge in [0.25, 0.3) is 0 Å². The highest BCUT2D eigenvalue weighted by Crippen LogP contribution is 2.62. The van der Waals surface area contributed by atoms with Crippen molar-refractivity contribution < 1.29 is 43.9 Å². The van der Waals surface area contributed by atoms with Gasteiger partial charge in [-0.05, 0) is 160 Å². The lowest BCUT2D eigenvalue weighted by Crippen LogP contribution is -2.33. The minimum Gasteiger partial charge on any atom is -0.310 e. The maximum Gasteiger partial charge on any atom is 0.200 e. The van der Waals surface area contributed by atoms with E-state index in [-0.39, 0.29) is 22.3 Å². The zero-order chi connectivity index (χ0) is 69.7. The lowest BCUT2D eigenvalue weighted by Gasteiger charge is -2.35. The summed E-state index contributed by atoms with van der Waals surface area (Å²) in [6.45, 7) is 12.0. The lowest BCUT2D eigenvalue weighted by atomic mass is 9.67. The van der Waals surface area contributed by atoms with Crippen LogP contribution in [0.2, 0.25) is 0 Å². The normalized spacial score (nSPS) is 15.8. The molecule has 0 saturated carbocycles. The van der Waals surface area contributed by atoms with Gasteiger partial charge >= 0.3 is 0 Å². The van der Waals surface area contributed by atoms with Crippen LogP contribution in [0.25, 0.3) is 67.1 Å². The summed E-state index contributed by atoms with van der Waals surface area (Å²) in [5.74, 6) is -20.7. The van der Waals surface area contributed by atoms with Gasteiger partial charge in [0.2, 0.25) is 11.6 Å². The van der Waals surface area contributed by atoms with Crippen molar-refractivity contribution in [2.24, 2.45) is 0 Å². The minimum atomic E-state index is -2.27. The highest BCUT2D eigenvalue weighted by molar-refractivity contribution is 6.03. The molecule has 14 aromatic carbocycles. The molecule has 0 fully saturated rings. The Morgan fingerprint density at radius 1 is 0.277 bits per heavy atom. The molecule has 0 radical (unpaired) electrons. The fourth-order valence-corrected chi connectivity index (χ4v) is 16.5. The van der Waals surface area contributed by atoms with Crippen LogP contribution in [-0.2, 0) is 16.2 Å². The van der Waals surface area contributed by atoms with Gasteiger partial charge in [-0.15, -0.1) is 0 Å². The maximum atomic E-state index is 17.2. The molecule has 12 heteroatoms. The Morgan fingerprint density at radius 2 is 0.564 bits per heavy atom. The van der Waals surface area contributed by atoms with Gasteiger partial charge in [-0.3, -0.25) is 0 Å². The molecule has 0 heterocycles.